The van der Waals surface area contributed by atoms with Crippen LogP contribution in [0.25, 0.3) is 0 Å². The van der Waals surface area contributed by atoms with Crippen LogP contribution in [0.4, 0.5) is 4.79 Å². The van der Waals surface area contributed by atoms with Crippen molar-refractivity contribution in [2.45, 2.75) is 12.3 Å². The molecule has 1 aliphatic rings. The normalized spacial score (nSPS) is 24.6. The molecular formula is C9H12N2O3. The van der Waals surface area contributed by atoms with Crippen LogP contribution in [0.5, 0.6) is 0 Å². The Labute approximate surface area is 81.1 Å². The number of rotatable bonds is 3. The van der Waals surface area contributed by atoms with Gasteiger partial charge in [0.05, 0.1) is 12.8 Å². The monoisotopic (exact) mass is 196 g/mol. The zero-order valence-electron chi connectivity index (χ0n) is 7.59. The first-order valence-electron chi connectivity index (χ1n) is 4.47. The summed E-state index contributed by atoms with van der Waals surface area (Å²) in [5.74, 6) is 1.49. The number of nitrogens with two attached hydrogens (primary N) is 1. The fourth-order valence-corrected chi connectivity index (χ4v) is 1.61. The highest BCUT2D eigenvalue weighted by atomic mass is 16.5. The van der Waals surface area contributed by atoms with Crippen LogP contribution in [0.2, 0.25) is 0 Å². The van der Waals surface area contributed by atoms with E-state index in [4.69, 9.17) is 15.4 Å². The number of nitrogens with zero attached hydrogens (tertiary/aromatic N) is 1. The largest absolute Gasteiger partial charge is 0.469 e. The maximum atomic E-state index is 10.5. The summed E-state index contributed by atoms with van der Waals surface area (Å²) in [6, 6.07) is 2.92. The summed E-state index contributed by atoms with van der Waals surface area (Å²) in [6.45, 7) is 0.278. The van der Waals surface area contributed by atoms with Crippen LogP contribution in [0.1, 0.15) is 18.1 Å². The maximum Gasteiger partial charge on any atom is 0.338 e. The maximum absolute atomic E-state index is 10.5. The number of amides is 2. The number of hydroxylamine groups is 2. The van der Waals surface area contributed by atoms with Gasteiger partial charge < -0.3 is 10.2 Å². The van der Waals surface area contributed by atoms with Crippen LogP contribution in [-0.2, 0) is 0 Å². The molecule has 2 amide bonds. The Morgan fingerprint density at radius 3 is 3.14 bits per heavy atom. The molecule has 0 aromatic carbocycles. The highest BCUT2D eigenvalue weighted by Gasteiger charge is 2.41. The van der Waals surface area contributed by atoms with Gasteiger partial charge in [-0.05, 0) is 24.5 Å². The fourth-order valence-electron chi connectivity index (χ4n) is 1.61. The SMILES string of the molecule is NC(=O)N(O)C[C@@H]1C[C@H]1c1ccco1. The van der Waals surface area contributed by atoms with Crippen molar-refractivity contribution in [2.24, 2.45) is 11.7 Å². The van der Waals surface area contributed by atoms with Gasteiger partial charge in [0.25, 0.3) is 0 Å². The minimum Gasteiger partial charge on any atom is -0.469 e. The van der Waals surface area contributed by atoms with Crippen molar-refractivity contribution in [3.05, 3.63) is 24.2 Å². The molecule has 1 heterocycles. The summed E-state index contributed by atoms with van der Waals surface area (Å²) in [5, 5.41) is 9.63. The first kappa shape index (κ1) is 9.08. The number of carbonyl (C=O) groups excluding carboxylic acids is 1. The fraction of sp³-hybridized carbons (Fsp3) is 0.444. The van der Waals surface area contributed by atoms with Crippen molar-refractivity contribution >= 4 is 6.03 Å². The summed E-state index contributed by atoms with van der Waals surface area (Å²) in [7, 11) is 0. The van der Waals surface area contributed by atoms with Gasteiger partial charge in [0.1, 0.15) is 5.76 Å². The molecule has 0 spiro atoms. The molecule has 0 unspecified atom stereocenters. The molecule has 76 valence electrons. The molecule has 0 aliphatic heterocycles. The van der Waals surface area contributed by atoms with E-state index in [0.717, 1.165) is 12.2 Å². The average Bonchev–Trinajstić information content (AvgIpc) is 2.70. The lowest BCUT2D eigenvalue weighted by atomic mass is 10.2. The molecule has 3 N–H and O–H groups in total. The van der Waals surface area contributed by atoms with E-state index in [0.29, 0.717) is 11.0 Å². The van der Waals surface area contributed by atoms with Crippen LogP contribution in [-0.4, -0.2) is 22.8 Å². The molecule has 0 radical (unpaired) electrons. The quantitative estimate of drug-likeness (QED) is 0.562. The van der Waals surface area contributed by atoms with E-state index in [1.54, 1.807) is 6.26 Å². The van der Waals surface area contributed by atoms with Gasteiger partial charge in [-0.25, -0.2) is 9.86 Å². The van der Waals surface area contributed by atoms with E-state index < -0.39 is 6.03 Å². The van der Waals surface area contributed by atoms with E-state index >= 15 is 0 Å². The molecule has 0 saturated heterocycles. The zero-order valence-corrected chi connectivity index (χ0v) is 7.59. The van der Waals surface area contributed by atoms with Crippen molar-refractivity contribution in [1.82, 2.24) is 5.06 Å². The van der Waals surface area contributed by atoms with E-state index in [-0.39, 0.29) is 12.5 Å². The summed E-state index contributed by atoms with van der Waals surface area (Å²) < 4.78 is 5.21. The number of hydrogen-bond donors (Lipinski definition) is 2. The van der Waals surface area contributed by atoms with Crippen molar-refractivity contribution < 1.29 is 14.4 Å². The van der Waals surface area contributed by atoms with Gasteiger partial charge in [0.15, 0.2) is 0 Å². The Morgan fingerprint density at radius 1 is 1.79 bits per heavy atom. The van der Waals surface area contributed by atoms with Crippen LogP contribution >= 0.6 is 0 Å². The first-order chi connectivity index (χ1) is 6.68. The lowest BCUT2D eigenvalue weighted by Crippen LogP contribution is -2.34. The van der Waals surface area contributed by atoms with Gasteiger partial charge in [-0.15, -0.1) is 0 Å². The number of urea groups is 1. The topological polar surface area (TPSA) is 79.7 Å². The summed E-state index contributed by atoms with van der Waals surface area (Å²) in [5.41, 5.74) is 4.89. The summed E-state index contributed by atoms with van der Waals surface area (Å²) in [6.07, 6.45) is 2.55. The number of hydrogen-bond acceptors (Lipinski definition) is 3. The molecule has 2 rings (SSSR count). The highest BCUT2D eigenvalue weighted by molar-refractivity contribution is 5.70. The third kappa shape index (κ3) is 1.72. The van der Waals surface area contributed by atoms with Gasteiger partial charge in [-0.2, -0.15) is 0 Å². The minimum absolute atomic E-state index is 0.263. The molecule has 0 bridgehead atoms. The zero-order chi connectivity index (χ0) is 10.1. The third-order valence-electron chi connectivity index (χ3n) is 2.49. The van der Waals surface area contributed by atoms with Gasteiger partial charge in [-0.1, -0.05) is 0 Å². The van der Waals surface area contributed by atoms with Crippen LogP contribution < -0.4 is 5.73 Å². The first-order valence-corrected chi connectivity index (χ1v) is 4.47. The van der Waals surface area contributed by atoms with E-state index in [2.05, 4.69) is 0 Å². The molecule has 1 saturated carbocycles. The van der Waals surface area contributed by atoms with Gasteiger partial charge >= 0.3 is 6.03 Å². The third-order valence-corrected chi connectivity index (χ3v) is 2.49. The van der Waals surface area contributed by atoms with Crippen molar-refractivity contribution in [3.63, 3.8) is 0 Å². The predicted octanol–water partition coefficient (Wildman–Crippen LogP) is 1.15. The Bertz CT molecular complexity index is 323. The van der Waals surface area contributed by atoms with Gasteiger partial charge in [-0.3, -0.25) is 5.21 Å². The Morgan fingerprint density at radius 2 is 2.57 bits per heavy atom. The smallest absolute Gasteiger partial charge is 0.338 e. The van der Waals surface area contributed by atoms with Crippen LogP contribution in [0, 0.1) is 5.92 Å². The lowest BCUT2D eigenvalue weighted by Gasteiger charge is -2.10. The molecule has 1 aliphatic carbocycles. The number of primary amides is 1. The lowest BCUT2D eigenvalue weighted by molar-refractivity contribution is -0.0433. The van der Waals surface area contributed by atoms with Crippen molar-refractivity contribution in [3.8, 4) is 0 Å². The number of furan rings is 1. The molecule has 5 heteroatoms. The standard InChI is InChI=1S/C9H12N2O3/c10-9(12)11(13)5-6-4-7(6)8-2-1-3-14-8/h1-3,6-7,13H,4-5H2,(H2,10,12)/t6-,7+/m0/s1. The molecule has 5 nitrogen and oxygen atoms in total. The average molecular weight is 196 g/mol. The molecule has 1 aromatic rings. The highest BCUT2D eigenvalue weighted by Crippen LogP contribution is 2.47. The van der Waals surface area contributed by atoms with E-state index in [1.807, 2.05) is 12.1 Å². The Kier molecular flexibility index (Phi) is 2.17. The van der Waals surface area contributed by atoms with E-state index in [9.17, 15) is 4.79 Å². The predicted molar refractivity (Wildman–Crippen MR) is 47.6 cm³/mol. The second kappa shape index (κ2) is 3.34. The van der Waals surface area contributed by atoms with Crippen LogP contribution in [0.15, 0.2) is 22.8 Å². The Hall–Kier alpha value is -1.49. The van der Waals surface area contributed by atoms with Gasteiger partial charge in [0.2, 0.25) is 0 Å². The number of carbonyl (C=O) groups is 1. The molecular weight excluding hydrogens is 184 g/mol. The molecule has 2 atom stereocenters. The molecule has 14 heavy (non-hydrogen) atoms. The molecule has 1 fully saturated rings. The van der Waals surface area contributed by atoms with E-state index in [1.165, 1.54) is 0 Å². The molecule has 1 aromatic heterocycles. The second-order valence-electron chi connectivity index (χ2n) is 3.54. The Balaban J connectivity index is 1.85. The summed E-state index contributed by atoms with van der Waals surface area (Å²) in [4.78, 5) is 10.5. The van der Waals surface area contributed by atoms with Gasteiger partial charge in [0, 0.05) is 5.92 Å². The van der Waals surface area contributed by atoms with Crippen molar-refractivity contribution in [1.29, 1.82) is 0 Å². The summed E-state index contributed by atoms with van der Waals surface area (Å²) >= 11 is 0. The van der Waals surface area contributed by atoms with Crippen molar-refractivity contribution in [2.75, 3.05) is 6.54 Å². The minimum atomic E-state index is -0.810. The van der Waals surface area contributed by atoms with Crippen LogP contribution in [0.3, 0.4) is 0 Å². The second-order valence-corrected chi connectivity index (χ2v) is 3.54.